The van der Waals surface area contributed by atoms with E-state index in [1.54, 1.807) is 0 Å². The van der Waals surface area contributed by atoms with Gasteiger partial charge in [-0.1, -0.05) is 0 Å². The predicted octanol–water partition coefficient (Wildman–Crippen LogP) is 2.52. The van der Waals surface area contributed by atoms with Gasteiger partial charge in [0.25, 0.3) is 0 Å². The predicted molar refractivity (Wildman–Crippen MR) is 50.8 cm³/mol. The SMILES string of the molecule is COP(=O)(OC)OP(=O)(OC)SC. The van der Waals surface area contributed by atoms with Gasteiger partial charge < -0.3 is 4.52 Å². The summed E-state index contributed by atoms with van der Waals surface area (Å²) in [5.41, 5.74) is 0. The normalized spacial score (nSPS) is 16.9. The van der Waals surface area contributed by atoms with Gasteiger partial charge in [0, 0.05) is 21.3 Å². The molecular formula is C4H12O6P2S. The van der Waals surface area contributed by atoms with Crippen molar-refractivity contribution in [3.8, 4) is 0 Å². The molecule has 1 unspecified atom stereocenters. The summed E-state index contributed by atoms with van der Waals surface area (Å²) in [5, 5.41) is 0. The Bertz CT molecular complexity index is 203. The molecule has 0 heterocycles. The highest BCUT2D eigenvalue weighted by Crippen LogP contribution is 2.70. The van der Waals surface area contributed by atoms with Crippen LogP contribution in [0.15, 0.2) is 0 Å². The van der Waals surface area contributed by atoms with Crippen LogP contribution in [0.4, 0.5) is 0 Å². The van der Waals surface area contributed by atoms with E-state index in [1.807, 2.05) is 0 Å². The fraction of sp³-hybridized carbons (Fsp3) is 1.00. The molecule has 0 aromatic rings. The molecule has 0 N–H and O–H groups in total. The summed E-state index contributed by atoms with van der Waals surface area (Å²) in [4.78, 5) is 0. The molecule has 0 rings (SSSR count). The maximum absolute atomic E-state index is 11.5. The Hall–Kier alpha value is 0.650. The van der Waals surface area contributed by atoms with Gasteiger partial charge in [0.05, 0.1) is 0 Å². The molecule has 0 saturated heterocycles. The van der Waals surface area contributed by atoms with E-state index in [0.29, 0.717) is 0 Å². The molecule has 80 valence electrons. The maximum atomic E-state index is 11.5. The first-order valence-electron chi connectivity index (χ1n) is 3.09. The van der Waals surface area contributed by atoms with Crippen LogP contribution < -0.4 is 0 Å². The van der Waals surface area contributed by atoms with Crippen molar-refractivity contribution < 1.29 is 27.0 Å². The van der Waals surface area contributed by atoms with E-state index in [2.05, 4.69) is 17.9 Å². The van der Waals surface area contributed by atoms with Crippen LogP contribution in [0.1, 0.15) is 0 Å². The zero-order chi connectivity index (χ0) is 10.5. The van der Waals surface area contributed by atoms with E-state index in [9.17, 15) is 9.13 Å². The van der Waals surface area contributed by atoms with Gasteiger partial charge in [0.15, 0.2) is 0 Å². The Balaban J connectivity index is 4.57. The van der Waals surface area contributed by atoms with Crippen LogP contribution in [0.25, 0.3) is 0 Å². The smallest absolute Gasteiger partial charge is 0.304 e. The summed E-state index contributed by atoms with van der Waals surface area (Å²) in [7, 11) is -0.298. The molecule has 0 spiro atoms. The molecular weight excluding hydrogens is 238 g/mol. The molecule has 0 aliphatic heterocycles. The van der Waals surface area contributed by atoms with Gasteiger partial charge >= 0.3 is 14.6 Å². The highest BCUT2D eigenvalue weighted by atomic mass is 32.7. The van der Waals surface area contributed by atoms with Crippen LogP contribution in [0, 0.1) is 0 Å². The van der Waals surface area contributed by atoms with Crippen molar-refractivity contribution in [3.63, 3.8) is 0 Å². The lowest BCUT2D eigenvalue weighted by Crippen LogP contribution is -1.93. The van der Waals surface area contributed by atoms with Crippen molar-refractivity contribution in [3.05, 3.63) is 0 Å². The van der Waals surface area contributed by atoms with Gasteiger partial charge in [-0.25, -0.2) is 9.13 Å². The lowest BCUT2D eigenvalue weighted by atomic mass is 11.8. The highest BCUT2D eigenvalue weighted by molar-refractivity contribution is 8.55. The molecule has 0 fully saturated rings. The fourth-order valence-corrected chi connectivity index (χ4v) is 4.53. The third-order valence-corrected chi connectivity index (χ3v) is 6.87. The molecule has 6 nitrogen and oxygen atoms in total. The second kappa shape index (κ2) is 5.51. The molecule has 0 amide bonds. The van der Waals surface area contributed by atoms with Crippen LogP contribution in [-0.2, 0) is 27.0 Å². The quantitative estimate of drug-likeness (QED) is 0.670. The summed E-state index contributed by atoms with van der Waals surface area (Å²) < 4.78 is 40.9. The minimum absolute atomic E-state index is 0.809. The number of rotatable bonds is 6. The van der Waals surface area contributed by atoms with Crippen LogP contribution in [0.3, 0.4) is 0 Å². The molecule has 1 atom stereocenters. The Kier molecular flexibility index (Phi) is 5.79. The Morgan fingerprint density at radius 3 is 1.69 bits per heavy atom. The van der Waals surface area contributed by atoms with Crippen molar-refractivity contribution in [2.45, 2.75) is 0 Å². The van der Waals surface area contributed by atoms with Gasteiger partial charge in [0.1, 0.15) is 0 Å². The van der Waals surface area contributed by atoms with Crippen LogP contribution in [-0.4, -0.2) is 27.6 Å². The van der Waals surface area contributed by atoms with Crippen molar-refractivity contribution >= 4 is 26.0 Å². The first-order valence-corrected chi connectivity index (χ1v) is 7.93. The Labute approximate surface area is 81.2 Å². The second-order valence-electron chi connectivity index (χ2n) is 1.71. The van der Waals surface area contributed by atoms with Crippen LogP contribution >= 0.6 is 26.0 Å². The van der Waals surface area contributed by atoms with Gasteiger partial charge in [-0.2, -0.15) is 4.31 Å². The van der Waals surface area contributed by atoms with Crippen molar-refractivity contribution in [2.75, 3.05) is 27.6 Å². The Morgan fingerprint density at radius 1 is 1.00 bits per heavy atom. The van der Waals surface area contributed by atoms with E-state index in [0.717, 1.165) is 25.6 Å². The number of hydrogen-bond acceptors (Lipinski definition) is 7. The van der Waals surface area contributed by atoms with Crippen LogP contribution in [0.2, 0.25) is 0 Å². The number of hydrogen-bond donors (Lipinski definition) is 0. The van der Waals surface area contributed by atoms with Gasteiger partial charge in [0.2, 0.25) is 0 Å². The van der Waals surface area contributed by atoms with E-state index in [-0.39, 0.29) is 0 Å². The largest absolute Gasteiger partial charge is 0.482 e. The summed E-state index contributed by atoms with van der Waals surface area (Å²) in [6.45, 7) is -3.43. The second-order valence-corrected chi connectivity index (χ2v) is 8.05. The zero-order valence-corrected chi connectivity index (χ0v) is 10.4. The summed E-state index contributed by atoms with van der Waals surface area (Å²) in [6, 6.07) is 0. The van der Waals surface area contributed by atoms with Crippen molar-refractivity contribution in [2.24, 2.45) is 0 Å². The van der Waals surface area contributed by atoms with E-state index in [1.165, 1.54) is 13.4 Å². The molecule has 0 saturated carbocycles. The van der Waals surface area contributed by atoms with Crippen molar-refractivity contribution in [1.82, 2.24) is 0 Å². The zero-order valence-electron chi connectivity index (χ0n) is 7.75. The molecule has 0 aliphatic rings. The summed E-state index contributed by atoms with van der Waals surface area (Å²) in [6.07, 6.45) is 1.50. The molecule has 0 aliphatic carbocycles. The standard InChI is InChI=1S/C4H12O6P2S/c1-7-11(5,8-2)10-12(6,9-3)13-4/h1-4H3. The molecule has 0 aromatic heterocycles. The fourth-order valence-electron chi connectivity index (χ4n) is 0.405. The maximum Gasteiger partial charge on any atom is 0.482 e. The van der Waals surface area contributed by atoms with E-state index < -0.39 is 14.6 Å². The average Bonchev–Trinajstić information content (AvgIpc) is 2.17. The lowest BCUT2D eigenvalue weighted by Gasteiger charge is -2.17. The summed E-state index contributed by atoms with van der Waals surface area (Å²) in [5.74, 6) is 0. The first kappa shape index (κ1) is 13.7. The van der Waals surface area contributed by atoms with Crippen LogP contribution in [0.5, 0.6) is 0 Å². The van der Waals surface area contributed by atoms with Crippen molar-refractivity contribution in [1.29, 1.82) is 0 Å². The average molecular weight is 250 g/mol. The third kappa shape index (κ3) is 4.13. The molecule has 0 aromatic carbocycles. The van der Waals surface area contributed by atoms with E-state index in [4.69, 9.17) is 0 Å². The third-order valence-electron chi connectivity index (χ3n) is 1.09. The lowest BCUT2D eigenvalue weighted by molar-refractivity contribution is 0.201. The first-order chi connectivity index (χ1) is 5.95. The van der Waals surface area contributed by atoms with Gasteiger partial charge in [-0.3, -0.25) is 9.05 Å². The highest BCUT2D eigenvalue weighted by Gasteiger charge is 2.36. The van der Waals surface area contributed by atoms with Gasteiger partial charge in [-0.15, -0.1) is 0 Å². The molecule has 9 heteroatoms. The molecule has 0 radical (unpaired) electrons. The molecule has 0 bridgehead atoms. The monoisotopic (exact) mass is 250 g/mol. The minimum Gasteiger partial charge on any atom is -0.304 e. The van der Waals surface area contributed by atoms with Gasteiger partial charge in [-0.05, 0) is 17.6 Å². The molecule has 13 heavy (non-hydrogen) atoms. The Morgan fingerprint density at radius 2 is 1.46 bits per heavy atom. The van der Waals surface area contributed by atoms with E-state index >= 15 is 0 Å². The number of phosphoric ester groups is 1. The summed E-state index contributed by atoms with van der Waals surface area (Å²) >= 11 is 0.809. The number of phosphoric acid groups is 1. The topological polar surface area (TPSA) is 71.1 Å². The minimum atomic E-state index is -3.74.